The minimum atomic E-state index is -0.564. The van der Waals surface area contributed by atoms with Gasteiger partial charge in [0.1, 0.15) is 0 Å². The van der Waals surface area contributed by atoms with Gasteiger partial charge in [-0.25, -0.2) is 4.79 Å². The summed E-state index contributed by atoms with van der Waals surface area (Å²) in [5, 5.41) is 5.49. The fraction of sp³-hybridized carbons (Fsp3) is 0.333. The van der Waals surface area contributed by atoms with Gasteiger partial charge in [-0.1, -0.05) is 12.1 Å². The van der Waals surface area contributed by atoms with Gasteiger partial charge in [-0.05, 0) is 6.07 Å². The summed E-state index contributed by atoms with van der Waals surface area (Å²) in [5.41, 5.74) is 1.85. The molecule has 0 bridgehead atoms. The third-order valence-corrected chi connectivity index (χ3v) is 3.87. The lowest BCUT2D eigenvalue weighted by Gasteiger charge is -2.27. The number of benzene rings is 1. The second kappa shape index (κ2) is 5.25. The molecule has 22 heavy (non-hydrogen) atoms. The lowest BCUT2D eigenvalue weighted by atomic mass is 9.95. The Morgan fingerprint density at radius 3 is 2.68 bits per heavy atom. The van der Waals surface area contributed by atoms with Gasteiger partial charge in [-0.2, -0.15) is 0 Å². The van der Waals surface area contributed by atoms with Crippen LogP contribution in [-0.2, 0) is 4.79 Å². The normalized spacial score (nSPS) is 20.5. The Morgan fingerprint density at radius 2 is 2.00 bits per heavy atom. The first-order valence-corrected chi connectivity index (χ1v) is 6.83. The van der Waals surface area contributed by atoms with Crippen LogP contribution in [0, 0.1) is 0 Å². The Bertz CT molecular complexity index is 683. The minimum Gasteiger partial charge on any atom is -0.493 e. The number of methoxy groups -OCH3 is 2. The van der Waals surface area contributed by atoms with E-state index in [0.29, 0.717) is 34.9 Å². The first-order chi connectivity index (χ1) is 10.6. The van der Waals surface area contributed by atoms with Crippen LogP contribution in [0.25, 0.3) is 0 Å². The number of para-hydroxylation sites is 1. The van der Waals surface area contributed by atoms with Gasteiger partial charge in [0.25, 0.3) is 5.91 Å². The Labute approximate surface area is 127 Å². The van der Waals surface area contributed by atoms with Crippen molar-refractivity contribution < 1.29 is 19.1 Å². The van der Waals surface area contributed by atoms with E-state index in [-0.39, 0.29) is 11.9 Å². The summed E-state index contributed by atoms with van der Waals surface area (Å²) in [6.45, 7) is 0.393. The van der Waals surface area contributed by atoms with Gasteiger partial charge >= 0.3 is 6.03 Å². The van der Waals surface area contributed by atoms with Crippen LogP contribution in [0.3, 0.4) is 0 Å². The third kappa shape index (κ3) is 2.05. The first-order valence-electron chi connectivity index (χ1n) is 6.83. The van der Waals surface area contributed by atoms with E-state index in [2.05, 4.69) is 10.6 Å². The zero-order valence-electron chi connectivity index (χ0n) is 12.6. The first kappa shape index (κ1) is 14.2. The van der Waals surface area contributed by atoms with E-state index in [1.165, 1.54) is 7.11 Å². The SMILES string of the molecule is COc1cccc([C@H]2NC(=O)NC3=C2C(=O)N(C)C3)c1OC. The van der Waals surface area contributed by atoms with E-state index >= 15 is 0 Å². The predicted molar refractivity (Wildman–Crippen MR) is 78.6 cm³/mol. The molecular weight excluding hydrogens is 286 g/mol. The highest BCUT2D eigenvalue weighted by Gasteiger charge is 2.40. The molecule has 7 heteroatoms. The van der Waals surface area contributed by atoms with Gasteiger partial charge < -0.3 is 25.0 Å². The van der Waals surface area contributed by atoms with Crippen molar-refractivity contribution in [3.05, 3.63) is 35.0 Å². The second-order valence-corrected chi connectivity index (χ2v) is 5.17. The Balaban J connectivity index is 2.13. The molecule has 0 saturated carbocycles. The maximum atomic E-state index is 12.4. The molecule has 1 aromatic carbocycles. The molecule has 0 spiro atoms. The van der Waals surface area contributed by atoms with Crippen molar-refractivity contribution in [3.63, 3.8) is 0 Å². The molecule has 3 amide bonds. The van der Waals surface area contributed by atoms with Gasteiger partial charge in [0.15, 0.2) is 11.5 Å². The van der Waals surface area contributed by atoms with Gasteiger partial charge in [0.05, 0.1) is 38.1 Å². The minimum absolute atomic E-state index is 0.114. The third-order valence-electron chi connectivity index (χ3n) is 3.87. The average Bonchev–Trinajstić information content (AvgIpc) is 2.80. The van der Waals surface area contributed by atoms with Gasteiger partial charge in [-0.3, -0.25) is 4.79 Å². The smallest absolute Gasteiger partial charge is 0.319 e. The van der Waals surface area contributed by atoms with Gasteiger partial charge in [0, 0.05) is 12.6 Å². The van der Waals surface area contributed by atoms with E-state index in [0.717, 1.165) is 0 Å². The van der Waals surface area contributed by atoms with Crippen LogP contribution in [0.5, 0.6) is 11.5 Å². The topological polar surface area (TPSA) is 79.9 Å². The second-order valence-electron chi connectivity index (χ2n) is 5.17. The lowest BCUT2D eigenvalue weighted by Crippen LogP contribution is -2.44. The summed E-state index contributed by atoms with van der Waals surface area (Å²) in [5.74, 6) is 0.942. The van der Waals surface area contributed by atoms with Crippen LogP contribution in [0.2, 0.25) is 0 Å². The highest BCUT2D eigenvalue weighted by atomic mass is 16.5. The summed E-state index contributed by atoms with van der Waals surface area (Å²) in [7, 11) is 4.77. The number of nitrogens with zero attached hydrogens (tertiary/aromatic N) is 1. The van der Waals surface area contributed by atoms with Crippen molar-refractivity contribution in [1.82, 2.24) is 15.5 Å². The molecular formula is C15H17N3O4. The van der Waals surface area contributed by atoms with Crippen molar-refractivity contribution in [3.8, 4) is 11.5 Å². The molecule has 2 N–H and O–H groups in total. The van der Waals surface area contributed by atoms with Gasteiger partial charge in [-0.15, -0.1) is 0 Å². The van der Waals surface area contributed by atoms with Crippen LogP contribution in [-0.4, -0.2) is 44.7 Å². The largest absolute Gasteiger partial charge is 0.493 e. The number of carbonyl (C=O) groups excluding carboxylic acids is 2. The molecule has 2 aliphatic heterocycles. The average molecular weight is 303 g/mol. The Morgan fingerprint density at radius 1 is 1.23 bits per heavy atom. The molecule has 2 aliphatic rings. The zero-order chi connectivity index (χ0) is 15.9. The van der Waals surface area contributed by atoms with E-state index in [9.17, 15) is 9.59 Å². The molecule has 1 atom stereocenters. The molecule has 116 valence electrons. The summed E-state index contributed by atoms with van der Waals surface area (Å²) >= 11 is 0. The number of hydrogen-bond acceptors (Lipinski definition) is 4. The van der Waals surface area contributed by atoms with Crippen LogP contribution in [0.1, 0.15) is 11.6 Å². The number of urea groups is 1. The van der Waals surface area contributed by atoms with E-state index < -0.39 is 6.04 Å². The maximum absolute atomic E-state index is 12.4. The molecule has 2 heterocycles. The number of carbonyl (C=O) groups is 2. The van der Waals surface area contributed by atoms with Crippen molar-refractivity contribution in [2.75, 3.05) is 27.8 Å². The summed E-state index contributed by atoms with van der Waals surface area (Å²) in [6, 6.07) is 4.48. The fourth-order valence-electron chi connectivity index (χ4n) is 2.88. The maximum Gasteiger partial charge on any atom is 0.319 e. The zero-order valence-corrected chi connectivity index (χ0v) is 12.6. The molecule has 3 rings (SSSR count). The molecule has 7 nitrogen and oxygen atoms in total. The number of rotatable bonds is 3. The Hall–Kier alpha value is -2.70. The summed E-state index contributed by atoms with van der Waals surface area (Å²) in [4.78, 5) is 25.9. The summed E-state index contributed by atoms with van der Waals surface area (Å²) in [6.07, 6.45) is 0. The molecule has 0 aromatic heterocycles. The van der Waals surface area contributed by atoms with Crippen LogP contribution in [0.15, 0.2) is 29.5 Å². The van der Waals surface area contributed by atoms with Gasteiger partial charge in [0.2, 0.25) is 0 Å². The lowest BCUT2D eigenvalue weighted by molar-refractivity contribution is -0.124. The van der Waals surface area contributed by atoms with Crippen molar-refractivity contribution in [2.45, 2.75) is 6.04 Å². The monoisotopic (exact) mass is 303 g/mol. The van der Waals surface area contributed by atoms with Crippen molar-refractivity contribution in [1.29, 1.82) is 0 Å². The number of hydrogen-bond donors (Lipinski definition) is 2. The summed E-state index contributed by atoms with van der Waals surface area (Å²) < 4.78 is 10.7. The van der Waals surface area contributed by atoms with Crippen LogP contribution < -0.4 is 20.1 Å². The molecule has 0 radical (unpaired) electrons. The quantitative estimate of drug-likeness (QED) is 0.865. The molecule has 0 saturated heterocycles. The van der Waals surface area contributed by atoms with Crippen molar-refractivity contribution >= 4 is 11.9 Å². The van der Waals surface area contributed by atoms with Crippen LogP contribution in [0.4, 0.5) is 4.79 Å². The predicted octanol–water partition coefficient (Wildman–Crippen LogP) is 0.784. The molecule has 0 unspecified atom stereocenters. The molecule has 1 aromatic rings. The highest BCUT2D eigenvalue weighted by molar-refractivity contribution is 6.01. The number of amides is 3. The number of nitrogens with one attached hydrogen (secondary N) is 2. The van der Waals surface area contributed by atoms with Crippen molar-refractivity contribution in [2.24, 2.45) is 0 Å². The molecule has 0 aliphatic carbocycles. The standard InChI is InChI=1S/C15H17N3O4/c1-18-7-9-11(14(18)19)12(17-15(20)16-9)8-5-4-6-10(21-2)13(8)22-3/h4-6,12H,7H2,1-3H3,(H2,16,17,20)/t12-/m1/s1. The Kier molecular flexibility index (Phi) is 3.40. The number of likely N-dealkylation sites (N-methyl/N-ethyl adjacent to an activating group) is 1. The fourth-order valence-corrected chi connectivity index (χ4v) is 2.88. The van der Waals surface area contributed by atoms with E-state index in [4.69, 9.17) is 9.47 Å². The molecule has 0 fully saturated rings. The van der Waals surface area contributed by atoms with E-state index in [1.807, 2.05) is 6.07 Å². The van der Waals surface area contributed by atoms with E-state index in [1.54, 1.807) is 31.2 Å². The van der Waals surface area contributed by atoms with Crippen LogP contribution >= 0.6 is 0 Å². The number of ether oxygens (including phenoxy) is 2. The highest BCUT2D eigenvalue weighted by Crippen LogP contribution is 2.40.